The predicted octanol–water partition coefficient (Wildman–Crippen LogP) is 3.37. The van der Waals surface area contributed by atoms with Crippen LogP contribution in [-0.2, 0) is 13.0 Å². The van der Waals surface area contributed by atoms with Crippen molar-refractivity contribution in [2.45, 2.75) is 32.4 Å². The van der Waals surface area contributed by atoms with Gasteiger partial charge in [-0.05, 0) is 42.5 Å². The van der Waals surface area contributed by atoms with E-state index in [4.69, 9.17) is 4.42 Å². The first-order valence-corrected chi connectivity index (χ1v) is 6.19. The van der Waals surface area contributed by atoms with Gasteiger partial charge in [-0.25, -0.2) is 0 Å². The second kappa shape index (κ2) is 4.38. The second-order valence-electron chi connectivity index (χ2n) is 4.70. The van der Waals surface area contributed by atoms with Gasteiger partial charge in [0.1, 0.15) is 5.76 Å². The molecule has 0 saturated heterocycles. The van der Waals surface area contributed by atoms with Crippen LogP contribution in [0.3, 0.4) is 0 Å². The number of fused-ring (bicyclic) bond motifs is 1. The number of nitrogens with one attached hydrogen (secondary N) is 1. The maximum Gasteiger partial charge on any atom is 0.120 e. The molecule has 0 fully saturated rings. The van der Waals surface area contributed by atoms with Gasteiger partial charge in [0, 0.05) is 6.04 Å². The lowest BCUT2D eigenvalue weighted by atomic mass is 10.1. The highest BCUT2D eigenvalue weighted by molar-refractivity contribution is 5.34. The minimum atomic E-state index is 0.482. The summed E-state index contributed by atoms with van der Waals surface area (Å²) in [6.45, 7) is 2.90. The van der Waals surface area contributed by atoms with Crippen LogP contribution in [0.2, 0.25) is 0 Å². The molecule has 1 unspecified atom stereocenters. The lowest BCUT2D eigenvalue weighted by Gasteiger charge is -2.13. The molecular weight excluding hydrogens is 210 g/mol. The molecule has 88 valence electrons. The van der Waals surface area contributed by atoms with Crippen LogP contribution in [0.25, 0.3) is 0 Å². The molecule has 1 aromatic carbocycles. The zero-order valence-corrected chi connectivity index (χ0v) is 10.1. The SMILES string of the molecule is Cc1ccoc1CNC1CCc2ccccc21. The fourth-order valence-corrected chi connectivity index (χ4v) is 2.57. The van der Waals surface area contributed by atoms with Crippen molar-refractivity contribution in [3.8, 4) is 0 Å². The summed E-state index contributed by atoms with van der Waals surface area (Å²) in [5.41, 5.74) is 4.17. The van der Waals surface area contributed by atoms with Gasteiger partial charge in [-0.3, -0.25) is 0 Å². The van der Waals surface area contributed by atoms with E-state index in [1.165, 1.54) is 29.5 Å². The standard InChI is InChI=1S/C15H17NO/c1-11-8-9-17-15(11)10-16-14-7-6-12-4-2-3-5-13(12)14/h2-5,8-9,14,16H,6-7,10H2,1H3. The van der Waals surface area contributed by atoms with E-state index in [1.807, 2.05) is 6.07 Å². The number of hydrogen-bond donors (Lipinski definition) is 1. The summed E-state index contributed by atoms with van der Waals surface area (Å²) in [7, 11) is 0. The first-order chi connectivity index (χ1) is 8.34. The molecule has 2 heteroatoms. The lowest BCUT2D eigenvalue weighted by Crippen LogP contribution is -2.18. The second-order valence-corrected chi connectivity index (χ2v) is 4.70. The highest BCUT2D eigenvalue weighted by atomic mass is 16.3. The maximum atomic E-state index is 5.45. The Morgan fingerprint density at radius 1 is 1.29 bits per heavy atom. The summed E-state index contributed by atoms with van der Waals surface area (Å²) in [4.78, 5) is 0. The van der Waals surface area contributed by atoms with Gasteiger partial charge in [0.25, 0.3) is 0 Å². The van der Waals surface area contributed by atoms with Crippen molar-refractivity contribution in [1.29, 1.82) is 0 Å². The van der Waals surface area contributed by atoms with Crippen LogP contribution >= 0.6 is 0 Å². The minimum absolute atomic E-state index is 0.482. The van der Waals surface area contributed by atoms with Gasteiger partial charge in [0.15, 0.2) is 0 Å². The van der Waals surface area contributed by atoms with Gasteiger partial charge in [-0.15, -0.1) is 0 Å². The Hall–Kier alpha value is -1.54. The third-order valence-electron chi connectivity index (χ3n) is 3.61. The Labute approximate surface area is 102 Å². The molecule has 0 spiro atoms. The minimum Gasteiger partial charge on any atom is -0.468 e. The summed E-state index contributed by atoms with van der Waals surface area (Å²) in [5, 5.41) is 3.59. The Bertz CT molecular complexity index is 515. The van der Waals surface area contributed by atoms with E-state index >= 15 is 0 Å². The molecule has 2 nitrogen and oxygen atoms in total. The first kappa shape index (κ1) is 10.6. The molecule has 1 N–H and O–H groups in total. The number of rotatable bonds is 3. The number of benzene rings is 1. The maximum absolute atomic E-state index is 5.45. The molecule has 0 radical (unpaired) electrons. The van der Waals surface area contributed by atoms with Gasteiger partial charge in [0.2, 0.25) is 0 Å². The van der Waals surface area contributed by atoms with E-state index in [0.29, 0.717) is 6.04 Å². The molecule has 1 aliphatic rings. The largest absolute Gasteiger partial charge is 0.468 e. The van der Waals surface area contributed by atoms with E-state index in [2.05, 4.69) is 36.5 Å². The molecule has 1 aromatic heterocycles. The van der Waals surface area contributed by atoms with Crippen LogP contribution in [0.5, 0.6) is 0 Å². The normalized spacial score (nSPS) is 18.3. The number of hydrogen-bond acceptors (Lipinski definition) is 2. The number of furan rings is 1. The van der Waals surface area contributed by atoms with Gasteiger partial charge in [0.05, 0.1) is 12.8 Å². The van der Waals surface area contributed by atoms with Crippen molar-refractivity contribution < 1.29 is 4.42 Å². The fraction of sp³-hybridized carbons (Fsp3) is 0.333. The quantitative estimate of drug-likeness (QED) is 0.869. The fourth-order valence-electron chi connectivity index (χ4n) is 2.57. The predicted molar refractivity (Wildman–Crippen MR) is 67.8 cm³/mol. The van der Waals surface area contributed by atoms with Crippen molar-refractivity contribution in [2.24, 2.45) is 0 Å². The summed E-state index contributed by atoms with van der Waals surface area (Å²) in [6.07, 6.45) is 4.14. The molecule has 1 aliphatic carbocycles. The molecule has 1 heterocycles. The zero-order chi connectivity index (χ0) is 11.7. The summed E-state index contributed by atoms with van der Waals surface area (Å²) in [6, 6.07) is 11.2. The molecule has 0 amide bonds. The average Bonchev–Trinajstić information content (AvgIpc) is 2.93. The van der Waals surface area contributed by atoms with Crippen LogP contribution in [-0.4, -0.2) is 0 Å². The van der Waals surface area contributed by atoms with Gasteiger partial charge < -0.3 is 9.73 Å². The molecule has 3 rings (SSSR count). The van der Waals surface area contributed by atoms with Crippen LogP contribution in [0.4, 0.5) is 0 Å². The van der Waals surface area contributed by atoms with E-state index in [0.717, 1.165) is 12.3 Å². The average molecular weight is 227 g/mol. The molecule has 0 aliphatic heterocycles. The Morgan fingerprint density at radius 3 is 3.00 bits per heavy atom. The van der Waals surface area contributed by atoms with Crippen LogP contribution in [0.1, 0.15) is 34.9 Å². The molecule has 1 atom stereocenters. The van der Waals surface area contributed by atoms with Crippen LogP contribution < -0.4 is 5.32 Å². The first-order valence-electron chi connectivity index (χ1n) is 6.19. The lowest BCUT2D eigenvalue weighted by molar-refractivity contribution is 0.445. The zero-order valence-electron chi connectivity index (χ0n) is 10.1. The van der Waals surface area contributed by atoms with Gasteiger partial charge >= 0.3 is 0 Å². The highest BCUT2D eigenvalue weighted by Gasteiger charge is 2.21. The van der Waals surface area contributed by atoms with Crippen molar-refractivity contribution in [3.05, 3.63) is 59.0 Å². The number of aryl methyl sites for hydroxylation is 2. The molecule has 2 aromatic rings. The van der Waals surface area contributed by atoms with E-state index < -0.39 is 0 Å². The van der Waals surface area contributed by atoms with Crippen molar-refractivity contribution in [1.82, 2.24) is 5.32 Å². The molecular formula is C15H17NO. The molecule has 0 saturated carbocycles. The van der Waals surface area contributed by atoms with E-state index in [9.17, 15) is 0 Å². The van der Waals surface area contributed by atoms with E-state index in [-0.39, 0.29) is 0 Å². The van der Waals surface area contributed by atoms with Crippen molar-refractivity contribution in [2.75, 3.05) is 0 Å². The summed E-state index contributed by atoms with van der Waals surface area (Å²) >= 11 is 0. The summed E-state index contributed by atoms with van der Waals surface area (Å²) in [5.74, 6) is 1.05. The van der Waals surface area contributed by atoms with Gasteiger partial charge in [-0.1, -0.05) is 24.3 Å². The van der Waals surface area contributed by atoms with Crippen LogP contribution in [0.15, 0.2) is 41.0 Å². The van der Waals surface area contributed by atoms with Crippen LogP contribution in [0, 0.1) is 6.92 Å². The van der Waals surface area contributed by atoms with Gasteiger partial charge in [-0.2, -0.15) is 0 Å². The Kier molecular flexibility index (Phi) is 2.73. The van der Waals surface area contributed by atoms with E-state index in [1.54, 1.807) is 6.26 Å². The van der Waals surface area contributed by atoms with Crippen molar-refractivity contribution in [3.63, 3.8) is 0 Å². The third kappa shape index (κ3) is 2.01. The topological polar surface area (TPSA) is 25.2 Å². The molecule has 17 heavy (non-hydrogen) atoms. The van der Waals surface area contributed by atoms with Crippen molar-refractivity contribution >= 4 is 0 Å². The summed E-state index contributed by atoms with van der Waals surface area (Å²) < 4.78 is 5.45. The smallest absolute Gasteiger partial charge is 0.120 e. The molecule has 0 bridgehead atoms. The Morgan fingerprint density at radius 2 is 2.18 bits per heavy atom. The monoisotopic (exact) mass is 227 g/mol. The third-order valence-corrected chi connectivity index (χ3v) is 3.61. The highest BCUT2D eigenvalue weighted by Crippen LogP contribution is 2.30. The Balaban J connectivity index is 1.70.